The fourth-order valence-corrected chi connectivity index (χ4v) is 1.81. The quantitative estimate of drug-likeness (QED) is 0.759. The van der Waals surface area contributed by atoms with Crippen molar-refractivity contribution in [1.82, 2.24) is 0 Å². The SMILES string of the molecule is O=C(Cl)CCCc1ccc2c(c1)OCCO2. The van der Waals surface area contributed by atoms with Crippen LogP contribution < -0.4 is 9.47 Å². The smallest absolute Gasteiger partial charge is 0.221 e. The second-order valence-corrected chi connectivity index (χ2v) is 4.11. The number of benzene rings is 1. The first-order valence-corrected chi connectivity index (χ1v) is 5.70. The molecule has 0 saturated carbocycles. The first-order valence-electron chi connectivity index (χ1n) is 5.32. The molecule has 0 bridgehead atoms. The zero-order valence-electron chi connectivity index (χ0n) is 8.87. The maximum Gasteiger partial charge on any atom is 0.221 e. The molecule has 1 aromatic carbocycles. The molecule has 0 amide bonds. The number of halogens is 1. The summed E-state index contributed by atoms with van der Waals surface area (Å²) in [6.45, 7) is 1.20. The summed E-state index contributed by atoms with van der Waals surface area (Å²) in [7, 11) is 0. The van der Waals surface area contributed by atoms with Crippen LogP contribution in [0, 0.1) is 0 Å². The van der Waals surface area contributed by atoms with Gasteiger partial charge in [0.05, 0.1) is 0 Å². The topological polar surface area (TPSA) is 35.5 Å². The van der Waals surface area contributed by atoms with E-state index in [1.54, 1.807) is 0 Å². The van der Waals surface area contributed by atoms with Crippen molar-refractivity contribution in [3.05, 3.63) is 23.8 Å². The first-order chi connectivity index (χ1) is 7.75. The molecule has 0 aromatic heterocycles. The summed E-state index contributed by atoms with van der Waals surface area (Å²) in [5, 5.41) is -0.280. The van der Waals surface area contributed by atoms with E-state index in [1.807, 2.05) is 18.2 Å². The van der Waals surface area contributed by atoms with Gasteiger partial charge in [-0.1, -0.05) is 6.07 Å². The summed E-state index contributed by atoms with van der Waals surface area (Å²) >= 11 is 5.28. The van der Waals surface area contributed by atoms with Gasteiger partial charge in [-0.05, 0) is 42.1 Å². The van der Waals surface area contributed by atoms with Crippen molar-refractivity contribution >= 4 is 16.8 Å². The molecule has 86 valence electrons. The molecule has 0 fully saturated rings. The van der Waals surface area contributed by atoms with E-state index in [0.29, 0.717) is 19.6 Å². The summed E-state index contributed by atoms with van der Waals surface area (Å²) in [4.78, 5) is 10.6. The van der Waals surface area contributed by atoms with Crippen LogP contribution in [0.25, 0.3) is 0 Å². The van der Waals surface area contributed by atoms with Crippen LogP contribution in [0.2, 0.25) is 0 Å². The summed E-state index contributed by atoms with van der Waals surface area (Å²) in [6, 6.07) is 5.87. The molecule has 0 aliphatic carbocycles. The van der Waals surface area contributed by atoms with Gasteiger partial charge in [0.1, 0.15) is 13.2 Å². The molecule has 0 saturated heterocycles. The van der Waals surface area contributed by atoms with Gasteiger partial charge in [0, 0.05) is 6.42 Å². The van der Waals surface area contributed by atoms with Crippen molar-refractivity contribution in [2.24, 2.45) is 0 Å². The Hall–Kier alpha value is -1.22. The number of aryl methyl sites for hydroxylation is 1. The Balaban J connectivity index is 1.97. The lowest BCUT2D eigenvalue weighted by Gasteiger charge is -2.18. The van der Waals surface area contributed by atoms with E-state index in [2.05, 4.69) is 0 Å². The van der Waals surface area contributed by atoms with E-state index < -0.39 is 0 Å². The van der Waals surface area contributed by atoms with Crippen LogP contribution >= 0.6 is 11.6 Å². The van der Waals surface area contributed by atoms with Gasteiger partial charge in [0.2, 0.25) is 5.24 Å². The van der Waals surface area contributed by atoms with E-state index in [4.69, 9.17) is 21.1 Å². The summed E-state index contributed by atoms with van der Waals surface area (Å²) in [6.07, 6.45) is 2.01. The van der Waals surface area contributed by atoms with Crippen LogP contribution in [0.3, 0.4) is 0 Å². The molecule has 4 heteroatoms. The lowest BCUT2D eigenvalue weighted by atomic mass is 10.1. The minimum absolute atomic E-state index is 0.280. The van der Waals surface area contributed by atoms with Gasteiger partial charge >= 0.3 is 0 Å². The standard InChI is InChI=1S/C12H13ClO3/c13-12(14)3-1-2-9-4-5-10-11(8-9)16-7-6-15-10/h4-5,8H,1-3,6-7H2. The van der Waals surface area contributed by atoms with Crippen LogP contribution in [0.15, 0.2) is 18.2 Å². The Morgan fingerprint density at radius 3 is 2.75 bits per heavy atom. The number of ether oxygens (including phenoxy) is 2. The molecule has 16 heavy (non-hydrogen) atoms. The monoisotopic (exact) mass is 240 g/mol. The molecule has 0 unspecified atom stereocenters. The average Bonchev–Trinajstić information content (AvgIpc) is 2.28. The zero-order chi connectivity index (χ0) is 11.4. The lowest BCUT2D eigenvalue weighted by molar-refractivity contribution is -0.111. The Labute approximate surface area is 99.3 Å². The fraction of sp³-hybridized carbons (Fsp3) is 0.417. The maximum atomic E-state index is 10.6. The van der Waals surface area contributed by atoms with Crippen molar-refractivity contribution in [2.45, 2.75) is 19.3 Å². The molecule has 3 nitrogen and oxygen atoms in total. The van der Waals surface area contributed by atoms with E-state index in [1.165, 1.54) is 0 Å². The third kappa shape index (κ3) is 2.89. The molecule has 0 spiro atoms. The van der Waals surface area contributed by atoms with Gasteiger partial charge in [-0.15, -0.1) is 0 Å². The summed E-state index contributed by atoms with van der Waals surface area (Å²) < 4.78 is 10.9. The molecular weight excluding hydrogens is 228 g/mol. The Morgan fingerprint density at radius 2 is 2.00 bits per heavy atom. The molecule has 0 radical (unpaired) electrons. The second-order valence-electron chi connectivity index (χ2n) is 3.69. The van der Waals surface area contributed by atoms with E-state index in [9.17, 15) is 4.79 Å². The van der Waals surface area contributed by atoms with Crippen LogP contribution in [0.1, 0.15) is 18.4 Å². The van der Waals surface area contributed by atoms with Crippen LogP contribution in [-0.2, 0) is 11.2 Å². The van der Waals surface area contributed by atoms with Gasteiger partial charge in [-0.3, -0.25) is 4.79 Å². The highest BCUT2D eigenvalue weighted by molar-refractivity contribution is 6.63. The van der Waals surface area contributed by atoms with Crippen molar-refractivity contribution in [3.63, 3.8) is 0 Å². The van der Waals surface area contributed by atoms with Crippen LogP contribution in [0.5, 0.6) is 11.5 Å². The summed E-state index contributed by atoms with van der Waals surface area (Å²) in [5.74, 6) is 1.59. The van der Waals surface area contributed by atoms with Crippen molar-refractivity contribution < 1.29 is 14.3 Å². The Bertz CT molecular complexity index is 390. The molecule has 2 rings (SSSR count). The van der Waals surface area contributed by atoms with Gasteiger partial charge in [0.25, 0.3) is 0 Å². The third-order valence-electron chi connectivity index (χ3n) is 2.45. The normalized spacial score (nSPS) is 13.6. The summed E-state index contributed by atoms with van der Waals surface area (Å²) in [5.41, 5.74) is 1.14. The molecule has 0 N–H and O–H groups in total. The second kappa shape index (κ2) is 5.21. The van der Waals surface area contributed by atoms with Crippen molar-refractivity contribution in [1.29, 1.82) is 0 Å². The zero-order valence-corrected chi connectivity index (χ0v) is 9.63. The molecular formula is C12H13ClO3. The molecule has 1 aromatic rings. The number of carbonyl (C=O) groups is 1. The number of hydrogen-bond donors (Lipinski definition) is 0. The van der Waals surface area contributed by atoms with Crippen LogP contribution in [-0.4, -0.2) is 18.5 Å². The Morgan fingerprint density at radius 1 is 1.25 bits per heavy atom. The van der Waals surface area contributed by atoms with Crippen molar-refractivity contribution in [3.8, 4) is 11.5 Å². The van der Waals surface area contributed by atoms with E-state index in [-0.39, 0.29) is 5.24 Å². The van der Waals surface area contributed by atoms with Crippen LogP contribution in [0.4, 0.5) is 0 Å². The number of carbonyl (C=O) groups excluding carboxylic acids is 1. The Kier molecular flexibility index (Phi) is 3.67. The van der Waals surface area contributed by atoms with Gasteiger partial charge in [0.15, 0.2) is 11.5 Å². The number of rotatable bonds is 4. The fourth-order valence-electron chi connectivity index (χ4n) is 1.67. The predicted octanol–water partition coefficient (Wildman–Crippen LogP) is 2.55. The number of fused-ring (bicyclic) bond motifs is 1. The molecule has 0 atom stereocenters. The highest BCUT2D eigenvalue weighted by Gasteiger charge is 2.11. The van der Waals surface area contributed by atoms with Gasteiger partial charge in [-0.25, -0.2) is 0 Å². The predicted molar refractivity (Wildman–Crippen MR) is 61.2 cm³/mol. The third-order valence-corrected chi connectivity index (χ3v) is 2.63. The lowest BCUT2D eigenvalue weighted by Crippen LogP contribution is -2.15. The highest BCUT2D eigenvalue weighted by atomic mass is 35.5. The minimum Gasteiger partial charge on any atom is -0.486 e. The molecule has 1 aliphatic heterocycles. The van der Waals surface area contributed by atoms with Gasteiger partial charge in [-0.2, -0.15) is 0 Å². The number of hydrogen-bond acceptors (Lipinski definition) is 3. The largest absolute Gasteiger partial charge is 0.486 e. The first kappa shape index (κ1) is 11.3. The molecule has 1 aliphatic rings. The van der Waals surface area contributed by atoms with E-state index in [0.717, 1.165) is 29.9 Å². The van der Waals surface area contributed by atoms with Crippen molar-refractivity contribution in [2.75, 3.05) is 13.2 Å². The maximum absolute atomic E-state index is 10.6. The molecule has 1 heterocycles. The minimum atomic E-state index is -0.280. The highest BCUT2D eigenvalue weighted by Crippen LogP contribution is 2.31. The van der Waals surface area contributed by atoms with E-state index >= 15 is 0 Å². The van der Waals surface area contributed by atoms with Gasteiger partial charge < -0.3 is 9.47 Å². The average molecular weight is 241 g/mol.